The Morgan fingerprint density at radius 2 is 1.78 bits per heavy atom. The van der Waals surface area contributed by atoms with Crippen molar-refractivity contribution in [2.24, 2.45) is 0 Å². The highest BCUT2D eigenvalue weighted by atomic mass is 16.3. The lowest BCUT2D eigenvalue weighted by molar-refractivity contribution is 0.461. The van der Waals surface area contributed by atoms with Crippen molar-refractivity contribution in [2.45, 2.75) is 6.42 Å². The van der Waals surface area contributed by atoms with Gasteiger partial charge in [0.1, 0.15) is 0 Å². The Balaban J connectivity index is 1.87. The average molecular weight is 360 g/mol. The first-order chi connectivity index (χ1) is 13.1. The molecular weight excluding hydrogens is 340 g/mol. The number of hydrogen-bond acceptors (Lipinski definition) is 5. The third-order valence-electron chi connectivity index (χ3n) is 4.79. The summed E-state index contributed by atoms with van der Waals surface area (Å²) in [7, 11) is 1.66. The normalized spacial score (nSPS) is 12.7. The maximum Gasteiger partial charge on any atom is 0.251 e. The monoisotopic (exact) mass is 360 g/mol. The second kappa shape index (κ2) is 6.64. The van der Waals surface area contributed by atoms with Crippen molar-refractivity contribution in [1.82, 2.24) is 15.1 Å². The van der Waals surface area contributed by atoms with Crippen molar-refractivity contribution in [2.75, 3.05) is 18.5 Å². The number of benzene rings is 2. The van der Waals surface area contributed by atoms with Crippen molar-refractivity contribution >= 4 is 17.1 Å². The molecule has 0 unspecified atom stereocenters. The van der Waals surface area contributed by atoms with Gasteiger partial charge < -0.3 is 15.3 Å². The molecule has 0 amide bonds. The summed E-state index contributed by atoms with van der Waals surface area (Å²) in [5, 5.41) is 17.4. The van der Waals surface area contributed by atoms with Gasteiger partial charge in [-0.3, -0.25) is 4.79 Å². The Hall–Kier alpha value is -3.54. The lowest BCUT2D eigenvalue weighted by atomic mass is 10.2. The van der Waals surface area contributed by atoms with Gasteiger partial charge in [0.25, 0.3) is 5.43 Å². The summed E-state index contributed by atoms with van der Waals surface area (Å²) in [6, 6.07) is 16.1. The van der Waals surface area contributed by atoms with Gasteiger partial charge in [0.05, 0.1) is 23.3 Å². The van der Waals surface area contributed by atoms with E-state index in [1.54, 1.807) is 7.05 Å². The quantitative estimate of drug-likeness (QED) is 0.749. The van der Waals surface area contributed by atoms with E-state index >= 15 is 0 Å². The van der Waals surface area contributed by atoms with E-state index in [4.69, 9.17) is 0 Å². The van der Waals surface area contributed by atoms with Crippen LogP contribution in [0.5, 0.6) is 5.75 Å². The Morgan fingerprint density at radius 1 is 1.11 bits per heavy atom. The Kier molecular flexibility index (Phi) is 4.16. The van der Waals surface area contributed by atoms with E-state index in [0.29, 0.717) is 5.70 Å². The predicted molar refractivity (Wildman–Crippen MR) is 107 cm³/mol. The van der Waals surface area contributed by atoms with Gasteiger partial charge >= 0.3 is 0 Å². The van der Waals surface area contributed by atoms with Crippen LogP contribution in [-0.2, 0) is 6.42 Å². The third kappa shape index (κ3) is 2.85. The van der Waals surface area contributed by atoms with Crippen LogP contribution in [0.4, 0.5) is 11.4 Å². The molecule has 136 valence electrons. The van der Waals surface area contributed by atoms with Crippen LogP contribution in [0.25, 0.3) is 11.4 Å². The van der Waals surface area contributed by atoms with Crippen molar-refractivity contribution in [1.29, 1.82) is 0 Å². The highest BCUT2D eigenvalue weighted by Gasteiger charge is 2.23. The first-order valence-corrected chi connectivity index (χ1v) is 8.75. The maximum absolute atomic E-state index is 12.2. The molecule has 1 aromatic heterocycles. The molecular formula is C21H20N4O2. The number of hydrogen-bond donors (Lipinski definition) is 2. The molecule has 0 saturated heterocycles. The molecule has 2 aromatic carbocycles. The molecule has 0 spiro atoms. The van der Waals surface area contributed by atoms with E-state index in [9.17, 15) is 9.90 Å². The summed E-state index contributed by atoms with van der Waals surface area (Å²) in [5.74, 6) is -0.368. The zero-order valence-corrected chi connectivity index (χ0v) is 15.0. The molecule has 0 saturated carbocycles. The van der Waals surface area contributed by atoms with E-state index in [-0.39, 0.29) is 11.4 Å². The van der Waals surface area contributed by atoms with Gasteiger partial charge in [0.2, 0.25) is 0 Å². The fraction of sp³-hybridized carbons (Fsp3) is 0.143. The fourth-order valence-electron chi connectivity index (χ4n) is 3.39. The SMILES string of the molecule is C=C(NC)c1nn(-c2ccccc2N2CCc3ccccc32)cc(O)c1=O. The molecule has 0 aliphatic carbocycles. The van der Waals surface area contributed by atoms with E-state index in [2.05, 4.69) is 34.0 Å². The van der Waals surface area contributed by atoms with Crippen LogP contribution in [0.1, 0.15) is 11.3 Å². The number of para-hydroxylation sites is 3. The first-order valence-electron chi connectivity index (χ1n) is 8.75. The molecule has 1 aliphatic rings. The minimum Gasteiger partial charge on any atom is -0.503 e. The number of fused-ring (bicyclic) bond motifs is 1. The Bertz CT molecular complexity index is 1090. The predicted octanol–water partition coefficient (Wildman–Crippen LogP) is 2.82. The number of aromatic nitrogens is 2. The van der Waals surface area contributed by atoms with Crippen LogP contribution in [-0.4, -0.2) is 28.5 Å². The van der Waals surface area contributed by atoms with Crippen LogP contribution in [0.2, 0.25) is 0 Å². The minimum absolute atomic E-state index is 0.0918. The highest BCUT2D eigenvalue weighted by molar-refractivity contribution is 5.75. The lowest BCUT2D eigenvalue weighted by Gasteiger charge is -2.23. The molecule has 0 radical (unpaired) electrons. The van der Waals surface area contributed by atoms with Gasteiger partial charge in [0, 0.05) is 19.3 Å². The molecule has 2 heterocycles. The smallest absolute Gasteiger partial charge is 0.251 e. The molecule has 0 atom stereocenters. The molecule has 4 rings (SSSR count). The number of anilines is 2. The van der Waals surface area contributed by atoms with Crippen molar-refractivity contribution in [3.63, 3.8) is 0 Å². The topological polar surface area (TPSA) is 70.4 Å². The van der Waals surface area contributed by atoms with Crippen molar-refractivity contribution in [3.8, 4) is 11.4 Å². The molecule has 6 nitrogen and oxygen atoms in total. The largest absolute Gasteiger partial charge is 0.503 e. The number of rotatable bonds is 4. The van der Waals surface area contributed by atoms with Crippen molar-refractivity contribution in [3.05, 3.63) is 82.8 Å². The van der Waals surface area contributed by atoms with Crippen LogP contribution >= 0.6 is 0 Å². The summed E-state index contributed by atoms with van der Waals surface area (Å²) < 4.78 is 1.53. The minimum atomic E-state index is -0.547. The lowest BCUT2D eigenvalue weighted by Crippen LogP contribution is -2.22. The van der Waals surface area contributed by atoms with Crippen LogP contribution in [0.15, 0.2) is 66.1 Å². The maximum atomic E-state index is 12.2. The molecule has 6 heteroatoms. The van der Waals surface area contributed by atoms with E-state index < -0.39 is 5.43 Å². The second-order valence-electron chi connectivity index (χ2n) is 6.38. The first kappa shape index (κ1) is 16.9. The summed E-state index contributed by atoms with van der Waals surface area (Å²) in [6.45, 7) is 4.66. The Labute approximate surface area is 157 Å². The van der Waals surface area contributed by atoms with Gasteiger partial charge in [-0.25, -0.2) is 4.68 Å². The average Bonchev–Trinajstić information content (AvgIpc) is 3.13. The number of nitrogens with one attached hydrogen (secondary N) is 1. The Morgan fingerprint density at radius 3 is 2.52 bits per heavy atom. The summed E-state index contributed by atoms with van der Waals surface area (Å²) >= 11 is 0. The van der Waals surface area contributed by atoms with Gasteiger partial charge in [0.15, 0.2) is 11.4 Å². The molecule has 2 N–H and O–H groups in total. The zero-order chi connectivity index (χ0) is 19.0. The summed E-state index contributed by atoms with van der Waals surface area (Å²) in [6.07, 6.45) is 2.31. The van der Waals surface area contributed by atoms with Gasteiger partial charge in [-0.05, 0) is 30.2 Å². The zero-order valence-electron chi connectivity index (χ0n) is 15.0. The second-order valence-corrected chi connectivity index (χ2v) is 6.38. The van der Waals surface area contributed by atoms with Crippen molar-refractivity contribution < 1.29 is 5.11 Å². The van der Waals surface area contributed by atoms with E-state index in [1.165, 1.54) is 16.4 Å². The summed E-state index contributed by atoms with van der Waals surface area (Å²) in [5.41, 5.74) is 4.09. The fourth-order valence-corrected chi connectivity index (χ4v) is 3.39. The van der Waals surface area contributed by atoms with Gasteiger partial charge in [-0.1, -0.05) is 36.9 Å². The van der Waals surface area contributed by atoms with E-state index in [1.807, 2.05) is 36.4 Å². The molecule has 27 heavy (non-hydrogen) atoms. The number of aromatic hydroxyl groups is 1. The molecule has 3 aromatic rings. The van der Waals surface area contributed by atoms with Crippen LogP contribution in [0.3, 0.4) is 0 Å². The number of nitrogens with zero attached hydrogens (tertiary/aromatic N) is 3. The van der Waals surface area contributed by atoms with Crippen LogP contribution in [0, 0.1) is 0 Å². The third-order valence-corrected chi connectivity index (χ3v) is 4.79. The summed E-state index contributed by atoms with van der Waals surface area (Å²) in [4.78, 5) is 14.5. The van der Waals surface area contributed by atoms with Gasteiger partial charge in [-0.15, -0.1) is 0 Å². The standard InChI is InChI=1S/C21H20N4O2/c1-14(22-2)20-21(27)19(26)13-25(23-20)18-10-6-5-9-17(18)24-12-11-15-7-3-4-8-16(15)24/h3-10,13,22,26H,1,11-12H2,2H3. The van der Waals surface area contributed by atoms with E-state index in [0.717, 1.165) is 30.0 Å². The molecule has 1 aliphatic heterocycles. The molecule has 0 bridgehead atoms. The molecule has 0 fully saturated rings. The van der Waals surface area contributed by atoms with Gasteiger partial charge in [-0.2, -0.15) is 5.10 Å². The van der Waals surface area contributed by atoms with Crippen LogP contribution < -0.4 is 15.6 Å². The highest BCUT2D eigenvalue weighted by Crippen LogP contribution is 2.37.